The monoisotopic (exact) mass is 198 g/mol. The van der Waals surface area contributed by atoms with Crippen LogP contribution in [0.5, 0.6) is 0 Å². The van der Waals surface area contributed by atoms with Gasteiger partial charge in [0.2, 0.25) is 0 Å². The minimum absolute atomic E-state index is 0.334. The van der Waals surface area contributed by atoms with Crippen LogP contribution in [-0.2, 0) is 0 Å². The number of hydrogen-bond acceptors (Lipinski definition) is 0. The largest absolute Gasteiger partial charge is 0.244 e. The molecule has 0 radical (unpaired) electrons. The topological polar surface area (TPSA) is 0 Å². The maximum Gasteiger partial charge on any atom is 0.108 e. The maximum absolute atomic E-state index is 14.2. The molecule has 2 aliphatic rings. The third-order valence-corrected chi connectivity index (χ3v) is 4.54. The SMILES string of the molecule is CC(C)C1C2CCC(C2)C1C(C)(C)F. The summed E-state index contributed by atoms with van der Waals surface area (Å²) in [6, 6.07) is 0. The van der Waals surface area contributed by atoms with Crippen LogP contribution in [-0.4, -0.2) is 5.67 Å². The van der Waals surface area contributed by atoms with Crippen LogP contribution in [0.3, 0.4) is 0 Å². The van der Waals surface area contributed by atoms with E-state index in [-0.39, 0.29) is 0 Å². The Hall–Kier alpha value is -0.0700. The van der Waals surface area contributed by atoms with E-state index in [4.69, 9.17) is 0 Å². The molecule has 82 valence electrons. The van der Waals surface area contributed by atoms with Crippen molar-refractivity contribution >= 4 is 0 Å². The van der Waals surface area contributed by atoms with E-state index in [0.29, 0.717) is 23.7 Å². The van der Waals surface area contributed by atoms with Gasteiger partial charge < -0.3 is 0 Å². The molecule has 2 rings (SSSR count). The standard InChI is InChI=1S/C13H23F/c1-8(2)11-9-5-6-10(7-9)12(11)13(3,4)14/h8-12H,5-7H2,1-4H3. The lowest BCUT2D eigenvalue weighted by atomic mass is 9.68. The molecule has 0 aromatic rings. The molecular formula is C13H23F. The maximum atomic E-state index is 14.2. The first-order chi connectivity index (χ1) is 6.41. The number of rotatable bonds is 2. The van der Waals surface area contributed by atoms with Crippen LogP contribution in [0.15, 0.2) is 0 Å². The van der Waals surface area contributed by atoms with Gasteiger partial charge in [-0.15, -0.1) is 0 Å². The van der Waals surface area contributed by atoms with Gasteiger partial charge in [0.1, 0.15) is 5.67 Å². The molecule has 2 bridgehead atoms. The number of halogens is 1. The number of alkyl halides is 1. The Morgan fingerprint density at radius 2 is 1.71 bits per heavy atom. The molecule has 4 atom stereocenters. The lowest BCUT2D eigenvalue weighted by Crippen LogP contribution is -2.39. The molecular weight excluding hydrogens is 175 g/mol. The smallest absolute Gasteiger partial charge is 0.108 e. The van der Waals surface area contributed by atoms with Gasteiger partial charge in [0.15, 0.2) is 0 Å². The van der Waals surface area contributed by atoms with E-state index in [2.05, 4.69) is 13.8 Å². The van der Waals surface area contributed by atoms with Crippen LogP contribution in [0.2, 0.25) is 0 Å². The van der Waals surface area contributed by atoms with Crippen molar-refractivity contribution in [3.8, 4) is 0 Å². The number of hydrogen-bond donors (Lipinski definition) is 0. The van der Waals surface area contributed by atoms with E-state index in [1.54, 1.807) is 13.8 Å². The third kappa shape index (κ3) is 1.49. The Bertz CT molecular complexity index is 214. The van der Waals surface area contributed by atoms with Crippen molar-refractivity contribution < 1.29 is 4.39 Å². The van der Waals surface area contributed by atoms with Crippen molar-refractivity contribution in [1.82, 2.24) is 0 Å². The van der Waals surface area contributed by atoms with E-state index in [1.807, 2.05) is 0 Å². The second-order valence-corrected chi connectivity index (χ2v) is 6.24. The fourth-order valence-corrected chi connectivity index (χ4v) is 4.31. The van der Waals surface area contributed by atoms with Crippen LogP contribution in [0.25, 0.3) is 0 Å². The van der Waals surface area contributed by atoms with Gasteiger partial charge in [0, 0.05) is 0 Å². The minimum Gasteiger partial charge on any atom is -0.244 e. The predicted molar refractivity (Wildman–Crippen MR) is 57.8 cm³/mol. The molecule has 0 N–H and O–H groups in total. The van der Waals surface area contributed by atoms with Gasteiger partial charge in [0.25, 0.3) is 0 Å². The van der Waals surface area contributed by atoms with E-state index < -0.39 is 5.67 Å². The van der Waals surface area contributed by atoms with Crippen molar-refractivity contribution in [3.63, 3.8) is 0 Å². The molecule has 2 fully saturated rings. The molecule has 0 heterocycles. The lowest BCUT2D eigenvalue weighted by Gasteiger charge is -2.39. The summed E-state index contributed by atoms with van der Waals surface area (Å²) in [5.41, 5.74) is -0.964. The molecule has 2 saturated carbocycles. The molecule has 14 heavy (non-hydrogen) atoms. The first-order valence-electron chi connectivity index (χ1n) is 6.10. The van der Waals surface area contributed by atoms with Gasteiger partial charge in [-0.05, 0) is 62.7 Å². The number of fused-ring (bicyclic) bond motifs is 2. The van der Waals surface area contributed by atoms with Crippen LogP contribution in [0.4, 0.5) is 4.39 Å². The molecule has 0 spiro atoms. The van der Waals surface area contributed by atoms with Crippen LogP contribution in [0.1, 0.15) is 47.0 Å². The first-order valence-corrected chi connectivity index (χ1v) is 6.10. The predicted octanol–water partition coefficient (Wildman–Crippen LogP) is 4.05. The van der Waals surface area contributed by atoms with E-state index >= 15 is 0 Å². The third-order valence-electron chi connectivity index (χ3n) is 4.54. The Balaban J connectivity index is 2.22. The highest BCUT2D eigenvalue weighted by Gasteiger charge is 2.54. The van der Waals surface area contributed by atoms with E-state index in [0.717, 1.165) is 5.92 Å². The quantitative estimate of drug-likeness (QED) is 0.628. The summed E-state index contributed by atoms with van der Waals surface area (Å²) in [6.07, 6.45) is 3.95. The summed E-state index contributed by atoms with van der Waals surface area (Å²) < 4.78 is 14.2. The summed E-state index contributed by atoms with van der Waals surface area (Å²) in [4.78, 5) is 0. The van der Waals surface area contributed by atoms with Gasteiger partial charge in [0.05, 0.1) is 0 Å². The molecule has 0 saturated heterocycles. The Labute approximate surface area is 87.3 Å². The summed E-state index contributed by atoms with van der Waals surface area (Å²) in [5.74, 6) is 3.16. The second kappa shape index (κ2) is 3.21. The molecule has 0 aromatic heterocycles. The van der Waals surface area contributed by atoms with Gasteiger partial charge in [-0.3, -0.25) is 0 Å². The normalized spacial score (nSPS) is 42.4. The van der Waals surface area contributed by atoms with Crippen LogP contribution in [0, 0.1) is 29.6 Å². The molecule has 0 amide bonds. The molecule has 0 nitrogen and oxygen atoms in total. The summed E-state index contributed by atoms with van der Waals surface area (Å²) in [6.45, 7) is 8.11. The summed E-state index contributed by atoms with van der Waals surface area (Å²) in [5, 5.41) is 0. The highest BCUT2D eigenvalue weighted by molar-refractivity contribution is 5.02. The zero-order valence-electron chi connectivity index (χ0n) is 9.89. The van der Waals surface area contributed by atoms with Gasteiger partial charge in [-0.25, -0.2) is 4.39 Å². The molecule has 4 unspecified atom stereocenters. The fraction of sp³-hybridized carbons (Fsp3) is 1.00. The molecule has 0 aliphatic heterocycles. The summed E-state index contributed by atoms with van der Waals surface area (Å²) >= 11 is 0. The minimum atomic E-state index is -0.964. The zero-order valence-corrected chi connectivity index (χ0v) is 9.89. The Morgan fingerprint density at radius 3 is 2.14 bits per heavy atom. The van der Waals surface area contributed by atoms with Gasteiger partial charge in [-0.1, -0.05) is 13.8 Å². The van der Waals surface area contributed by atoms with Crippen LogP contribution >= 0.6 is 0 Å². The highest BCUT2D eigenvalue weighted by atomic mass is 19.1. The molecule has 0 aromatic carbocycles. The first kappa shape index (κ1) is 10.4. The van der Waals surface area contributed by atoms with Gasteiger partial charge in [-0.2, -0.15) is 0 Å². The molecule has 2 aliphatic carbocycles. The lowest BCUT2D eigenvalue weighted by molar-refractivity contribution is 0.0211. The van der Waals surface area contributed by atoms with Crippen molar-refractivity contribution in [2.75, 3.05) is 0 Å². The fourth-order valence-electron chi connectivity index (χ4n) is 4.31. The van der Waals surface area contributed by atoms with Crippen molar-refractivity contribution in [2.24, 2.45) is 29.6 Å². The van der Waals surface area contributed by atoms with Crippen molar-refractivity contribution in [3.05, 3.63) is 0 Å². The van der Waals surface area contributed by atoms with Crippen molar-refractivity contribution in [1.29, 1.82) is 0 Å². The Morgan fingerprint density at radius 1 is 1.14 bits per heavy atom. The zero-order chi connectivity index (χ0) is 10.5. The molecule has 1 heteroatoms. The average molecular weight is 198 g/mol. The Kier molecular flexibility index (Phi) is 2.40. The van der Waals surface area contributed by atoms with Crippen molar-refractivity contribution in [2.45, 2.75) is 52.6 Å². The van der Waals surface area contributed by atoms with Crippen LogP contribution < -0.4 is 0 Å². The van der Waals surface area contributed by atoms with Gasteiger partial charge >= 0.3 is 0 Å². The highest BCUT2D eigenvalue weighted by Crippen LogP contribution is 2.58. The second-order valence-electron chi connectivity index (χ2n) is 6.24. The summed E-state index contributed by atoms with van der Waals surface area (Å²) in [7, 11) is 0. The van der Waals surface area contributed by atoms with E-state index in [1.165, 1.54) is 19.3 Å². The van der Waals surface area contributed by atoms with E-state index in [9.17, 15) is 4.39 Å². The average Bonchev–Trinajstić information content (AvgIpc) is 2.58.